The molecule has 0 unspecified atom stereocenters. The van der Waals surface area contributed by atoms with Gasteiger partial charge in [-0.15, -0.1) is 0 Å². The molecule has 1 aliphatic rings. The molecule has 5 nitrogen and oxygen atoms in total. The maximum Gasteiger partial charge on any atom is 0.226 e. The van der Waals surface area contributed by atoms with Gasteiger partial charge in [0.15, 0.2) is 5.82 Å². The fraction of sp³-hybridized carbons (Fsp3) is 0.500. The SMILES string of the molecule is Clc1ccc(CCCc2nc(CN3CCOCC3)no2)cc1. The number of aryl methyl sites for hydroxylation is 2. The van der Waals surface area contributed by atoms with Crippen molar-refractivity contribution in [3.05, 3.63) is 46.6 Å². The molecule has 6 heteroatoms. The van der Waals surface area contributed by atoms with Gasteiger partial charge in [0.2, 0.25) is 5.89 Å². The van der Waals surface area contributed by atoms with E-state index in [1.165, 1.54) is 5.56 Å². The van der Waals surface area contributed by atoms with Gasteiger partial charge >= 0.3 is 0 Å². The van der Waals surface area contributed by atoms with Crippen molar-refractivity contribution in [3.63, 3.8) is 0 Å². The van der Waals surface area contributed by atoms with Crippen LogP contribution in [0.25, 0.3) is 0 Å². The third-order valence-corrected chi connectivity index (χ3v) is 4.00. The van der Waals surface area contributed by atoms with E-state index < -0.39 is 0 Å². The topological polar surface area (TPSA) is 51.4 Å². The Labute approximate surface area is 135 Å². The minimum absolute atomic E-state index is 0.720. The second kappa shape index (κ2) is 7.72. The third-order valence-electron chi connectivity index (χ3n) is 3.75. The number of nitrogens with zero attached hydrogens (tertiary/aromatic N) is 3. The van der Waals surface area contributed by atoms with E-state index in [2.05, 4.69) is 27.2 Å². The number of ether oxygens (including phenoxy) is 1. The largest absolute Gasteiger partial charge is 0.379 e. The van der Waals surface area contributed by atoms with Crippen LogP contribution in [0.5, 0.6) is 0 Å². The molecule has 0 bridgehead atoms. The average molecular weight is 322 g/mol. The van der Waals surface area contributed by atoms with Crippen LogP contribution in [0.2, 0.25) is 5.02 Å². The molecular formula is C16H20ClN3O2. The summed E-state index contributed by atoms with van der Waals surface area (Å²) >= 11 is 5.88. The lowest BCUT2D eigenvalue weighted by Gasteiger charge is -2.24. The normalized spacial score (nSPS) is 16.0. The van der Waals surface area contributed by atoms with Crippen LogP contribution in [0.4, 0.5) is 0 Å². The maximum absolute atomic E-state index is 5.88. The zero-order chi connectivity index (χ0) is 15.2. The standard InChI is InChI=1S/C16H20ClN3O2/c17-14-6-4-13(5-7-14)2-1-3-16-18-15(19-22-16)12-20-8-10-21-11-9-20/h4-7H,1-3,8-12H2. The highest BCUT2D eigenvalue weighted by Crippen LogP contribution is 2.12. The molecule has 0 spiro atoms. The lowest BCUT2D eigenvalue weighted by atomic mass is 10.1. The Bertz CT molecular complexity index is 579. The van der Waals surface area contributed by atoms with Crippen molar-refractivity contribution < 1.29 is 9.26 Å². The van der Waals surface area contributed by atoms with Gasteiger partial charge in [-0.05, 0) is 30.5 Å². The summed E-state index contributed by atoms with van der Waals surface area (Å²) < 4.78 is 10.7. The lowest BCUT2D eigenvalue weighted by Crippen LogP contribution is -2.35. The first-order valence-electron chi connectivity index (χ1n) is 7.65. The molecule has 1 saturated heterocycles. The van der Waals surface area contributed by atoms with Crippen LogP contribution in [-0.4, -0.2) is 41.3 Å². The van der Waals surface area contributed by atoms with Gasteiger partial charge < -0.3 is 9.26 Å². The molecule has 1 aromatic heterocycles. The van der Waals surface area contributed by atoms with Crippen LogP contribution in [0.15, 0.2) is 28.8 Å². The molecule has 0 atom stereocenters. The summed E-state index contributed by atoms with van der Waals surface area (Å²) in [6.45, 7) is 4.17. The number of morpholine rings is 1. The molecule has 2 heterocycles. The highest BCUT2D eigenvalue weighted by molar-refractivity contribution is 6.30. The summed E-state index contributed by atoms with van der Waals surface area (Å²) in [4.78, 5) is 6.75. The van der Waals surface area contributed by atoms with E-state index in [0.29, 0.717) is 0 Å². The highest BCUT2D eigenvalue weighted by atomic mass is 35.5. The van der Waals surface area contributed by atoms with Gasteiger partial charge in [0.1, 0.15) is 0 Å². The minimum atomic E-state index is 0.720. The van der Waals surface area contributed by atoms with Crippen LogP contribution in [0.3, 0.4) is 0 Å². The second-order valence-corrected chi connectivity index (χ2v) is 5.91. The number of benzene rings is 1. The monoisotopic (exact) mass is 321 g/mol. The number of rotatable bonds is 6. The zero-order valence-corrected chi connectivity index (χ0v) is 13.3. The maximum atomic E-state index is 5.88. The van der Waals surface area contributed by atoms with Crippen LogP contribution >= 0.6 is 11.6 Å². The molecule has 0 amide bonds. The zero-order valence-electron chi connectivity index (χ0n) is 12.5. The fourth-order valence-corrected chi connectivity index (χ4v) is 2.64. The Morgan fingerprint density at radius 1 is 1.09 bits per heavy atom. The van der Waals surface area contributed by atoms with Gasteiger partial charge in [-0.3, -0.25) is 4.90 Å². The van der Waals surface area contributed by atoms with Crippen molar-refractivity contribution in [3.8, 4) is 0 Å². The number of hydrogen-bond acceptors (Lipinski definition) is 5. The smallest absolute Gasteiger partial charge is 0.226 e. The van der Waals surface area contributed by atoms with Crippen LogP contribution < -0.4 is 0 Å². The summed E-state index contributed by atoms with van der Waals surface area (Å²) in [5, 5.41) is 4.83. The molecular weight excluding hydrogens is 302 g/mol. The van der Waals surface area contributed by atoms with E-state index in [1.54, 1.807) is 0 Å². The Kier molecular flexibility index (Phi) is 5.43. The quantitative estimate of drug-likeness (QED) is 0.819. The highest BCUT2D eigenvalue weighted by Gasteiger charge is 2.14. The molecule has 0 aliphatic carbocycles. The van der Waals surface area contributed by atoms with Crippen molar-refractivity contribution in [2.45, 2.75) is 25.8 Å². The molecule has 0 saturated carbocycles. The van der Waals surface area contributed by atoms with Gasteiger partial charge in [-0.1, -0.05) is 28.9 Å². The molecule has 3 rings (SSSR count). The number of aromatic nitrogens is 2. The average Bonchev–Trinajstić information content (AvgIpc) is 2.98. The number of hydrogen-bond donors (Lipinski definition) is 0. The van der Waals surface area contributed by atoms with E-state index in [4.69, 9.17) is 20.9 Å². The summed E-state index contributed by atoms with van der Waals surface area (Å²) in [5.41, 5.74) is 1.28. The molecule has 22 heavy (non-hydrogen) atoms. The second-order valence-electron chi connectivity index (χ2n) is 5.47. The number of halogens is 1. The Morgan fingerprint density at radius 3 is 2.64 bits per heavy atom. The van der Waals surface area contributed by atoms with Gasteiger partial charge in [-0.2, -0.15) is 4.98 Å². The predicted molar refractivity (Wildman–Crippen MR) is 83.9 cm³/mol. The fourth-order valence-electron chi connectivity index (χ4n) is 2.51. The third kappa shape index (κ3) is 4.53. The van der Waals surface area contributed by atoms with E-state index >= 15 is 0 Å². The van der Waals surface area contributed by atoms with Gasteiger partial charge in [0.05, 0.1) is 19.8 Å². The van der Waals surface area contributed by atoms with E-state index in [9.17, 15) is 0 Å². The predicted octanol–water partition coefficient (Wildman–Crippen LogP) is 2.73. The summed E-state index contributed by atoms with van der Waals surface area (Å²) in [7, 11) is 0. The van der Waals surface area contributed by atoms with Crippen molar-refractivity contribution in [2.75, 3.05) is 26.3 Å². The minimum Gasteiger partial charge on any atom is -0.379 e. The molecule has 118 valence electrons. The van der Waals surface area contributed by atoms with E-state index in [1.807, 2.05) is 12.1 Å². The lowest BCUT2D eigenvalue weighted by molar-refractivity contribution is 0.0327. The van der Waals surface area contributed by atoms with Gasteiger partial charge in [0.25, 0.3) is 0 Å². The Balaban J connectivity index is 1.44. The van der Waals surface area contributed by atoms with E-state index in [-0.39, 0.29) is 0 Å². The van der Waals surface area contributed by atoms with Crippen molar-refractivity contribution in [2.24, 2.45) is 0 Å². The molecule has 2 aromatic rings. The molecule has 1 aliphatic heterocycles. The first kappa shape index (κ1) is 15.5. The summed E-state index contributed by atoms with van der Waals surface area (Å²) in [6, 6.07) is 7.95. The van der Waals surface area contributed by atoms with Crippen molar-refractivity contribution >= 4 is 11.6 Å². The first-order chi connectivity index (χ1) is 10.8. The first-order valence-corrected chi connectivity index (χ1v) is 8.03. The van der Waals surface area contributed by atoms with Gasteiger partial charge in [0, 0.05) is 24.5 Å². The molecule has 1 aromatic carbocycles. The summed E-state index contributed by atoms with van der Waals surface area (Å²) in [5.74, 6) is 1.49. The molecule has 0 N–H and O–H groups in total. The van der Waals surface area contributed by atoms with Crippen LogP contribution in [0.1, 0.15) is 23.7 Å². The van der Waals surface area contributed by atoms with Gasteiger partial charge in [-0.25, -0.2) is 0 Å². The molecule has 0 radical (unpaired) electrons. The molecule has 1 fully saturated rings. The Morgan fingerprint density at radius 2 is 1.86 bits per heavy atom. The van der Waals surface area contributed by atoms with Crippen molar-refractivity contribution in [1.29, 1.82) is 0 Å². The van der Waals surface area contributed by atoms with Crippen LogP contribution in [-0.2, 0) is 24.1 Å². The Hall–Kier alpha value is -1.43. The van der Waals surface area contributed by atoms with E-state index in [0.717, 1.165) is 68.8 Å². The van der Waals surface area contributed by atoms with Crippen LogP contribution in [0, 0.1) is 0 Å². The van der Waals surface area contributed by atoms with Crippen molar-refractivity contribution in [1.82, 2.24) is 15.0 Å². The summed E-state index contributed by atoms with van der Waals surface area (Å²) in [6.07, 6.45) is 2.78.